The highest BCUT2D eigenvalue weighted by Gasteiger charge is 2.29. The summed E-state index contributed by atoms with van der Waals surface area (Å²) in [6.07, 6.45) is 4.12. The second-order valence-electron chi connectivity index (χ2n) is 5.96. The van der Waals surface area contributed by atoms with Crippen molar-refractivity contribution in [3.8, 4) is 0 Å². The van der Waals surface area contributed by atoms with Gasteiger partial charge in [0.2, 0.25) is 10.0 Å². The molecule has 0 saturated carbocycles. The molecule has 5 heteroatoms. The number of sulfonamides is 1. The van der Waals surface area contributed by atoms with Crippen molar-refractivity contribution in [3.05, 3.63) is 23.8 Å². The van der Waals surface area contributed by atoms with Crippen LogP contribution in [0.2, 0.25) is 0 Å². The lowest BCUT2D eigenvalue weighted by atomic mass is 10.0. The number of hydrogen-bond donors (Lipinski definition) is 1. The summed E-state index contributed by atoms with van der Waals surface area (Å²) in [4.78, 5) is 0.453. The number of piperidine rings is 1. The molecule has 1 atom stereocenters. The SMILES string of the molecule is CC1CCCN(S(=O)(=O)c2ccc3c(c2)CCCN3)C1. The maximum Gasteiger partial charge on any atom is 0.243 e. The van der Waals surface area contributed by atoms with Crippen LogP contribution in [0.4, 0.5) is 5.69 Å². The molecule has 0 bridgehead atoms. The first-order chi connectivity index (χ1) is 9.57. The van der Waals surface area contributed by atoms with E-state index in [1.807, 2.05) is 12.1 Å². The van der Waals surface area contributed by atoms with Crippen LogP contribution >= 0.6 is 0 Å². The van der Waals surface area contributed by atoms with Crippen molar-refractivity contribution in [3.63, 3.8) is 0 Å². The van der Waals surface area contributed by atoms with Gasteiger partial charge < -0.3 is 5.32 Å². The molecule has 4 nitrogen and oxygen atoms in total. The molecule has 1 aromatic carbocycles. The van der Waals surface area contributed by atoms with Crippen LogP contribution < -0.4 is 5.32 Å². The molecule has 2 heterocycles. The average Bonchev–Trinajstić information content (AvgIpc) is 2.46. The van der Waals surface area contributed by atoms with Crippen molar-refractivity contribution in [1.82, 2.24) is 4.31 Å². The third-order valence-corrected chi connectivity index (χ3v) is 6.13. The molecule has 1 aromatic rings. The first-order valence-corrected chi connectivity index (χ1v) is 8.88. The fraction of sp³-hybridized carbons (Fsp3) is 0.600. The Labute approximate surface area is 121 Å². The van der Waals surface area contributed by atoms with E-state index in [0.717, 1.165) is 43.5 Å². The Hall–Kier alpha value is -1.07. The number of rotatable bonds is 2. The molecule has 0 radical (unpaired) electrons. The molecule has 1 saturated heterocycles. The van der Waals surface area contributed by atoms with Gasteiger partial charge in [-0.15, -0.1) is 0 Å². The number of hydrogen-bond acceptors (Lipinski definition) is 3. The summed E-state index contributed by atoms with van der Waals surface area (Å²) in [5.41, 5.74) is 2.21. The number of nitrogens with zero attached hydrogens (tertiary/aromatic N) is 1. The van der Waals surface area contributed by atoms with Gasteiger partial charge in [-0.3, -0.25) is 0 Å². The van der Waals surface area contributed by atoms with E-state index < -0.39 is 10.0 Å². The van der Waals surface area contributed by atoms with Crippen LogP contribution in [-0.4, -0.2) is 32.4 Å². The summed E-state index contributed by atoms with van der Waals surface area (Å²) >= 11 is 0. The molecular weight excluding hydrogens is 272 g/mol. The molecule has 3 rings (SSSR count). The number of nitrogens with one attached hydrogen (secondary N) is 1. The quantitative estimate of drug-likeness (QED) is 0.911. The van der Waals surface area contributed by atoms with Gasteiger partial charge in [-0.05, 0) is 55.4 Å². The molecular formula is C15H22N2O2S. The van der Waals surface area contributed by atoms with E-state index in [2.05, 4.69) is 12.2 Å². The second kappa shape index (κ2) is 5.37. The molecule has 0 amide bonds. The zero-order chi connectivity index (χ0) is 14.2. The summed E-state index contributed by atoms with van der Waals surface area (Å²) in [6.45, 7) is 4.40. The van der Waals surface area contributed by atoms with Crippen LogP contribution in [0.1, 0.15) is 31.7 Å². The van der Waals surface area contributed by atoms with Gasteiger partial charge in [0.1, 0.15) is 0 Å². The van der Waals surface area contributed by atoms with Crippen molar-refractivity contribution in [2.45, 2.75) is 37.5 Å². The monoisotopic (exact) mass is 294 g/mol. The highest BCUT2D eigenvalue weighted by Crippen LogP contribution is 2.28. The number of fused-ring (bicyclic) bond motifs is 1. The van der Waals surface area contributed by atoms with E-state index in [-0.39, 0.29) is 0 Å². The van der Waals surface area contributed by atoms with E-state index in [4.69, 9.17) is 0 Å². The van der Waals surface area contributed by atoms with Crippen molar-refractivity contribution >= 4 is 15.7 Å². The molecule has 0 aliphatic carbocycles. The van der Waals surface area contributed by atoms with Gasteiger partial charge in [-0.2, -0.15) is 4.31 Å². The van der Waals surface area contributed by atoms with E-state index in [1.165, 1.54) is 0 Å². The highest BCUT2D eigenvalue weighted by molar-refractivity contribution is 7.89. The highest BCUT2D eigenvalue weighted by atomic mass is 32.2. The Morgan fingerprint density at radius 1 is 1.30 bits per heavy atom. The maximum absolute atomic E-state index is 12.7. The van der Waals surface area contributed by atoms with Crippen LogP contribution in [-0.2, 0) is 16.4 Å². The lowest BCUT2D eigenvalue weighted by Gasteiger charge is -2.30. The predicted molar refractivity (Wildman–Crippen MR) is 80.4 cm³/mol. The van der Waals surface area contributed by atoms with Crippen LogP contribution in [0.3, 0.4) is 0 Å². The zero-order valence-corrected chi connectivity index (χ0v) is 12.7. The lowest BCUT2D eigenvalue weighted by Crippen LogP contribution is -2.39. The number of benzene rings is 1. The zero-order valence-electron chi connectivity index (χ0n) is 11.9. The maximum atomic E-state index is 12.7. The third-order valence-electron chi connectivity index (χ3n) is 4.27. The minimum atomic E-state index is -3.32. The van der Waals surface area contributed by atoms with E-state index >= 15 is 0 Å². The van der Waals surface area contributed by atoms with Gasteiger partial charge in [-0.25, -0.2) is 8.42 Å². The Morgan fingerprint density at radius 3 is 2.95 bits per heavy atom. The minimum absolute atomic E-state index is 0.453. The Balaban J connectivity index is 1.90. The van der Waals surface area contributed by atoms with Gasteiger partial charge in [-0.1, -0.05) is 6.92 Å². The molecule has 1 unspecified atom stereocenters. The van der Waals surface area contributed by atoms with Crippen LogP contribution in [0.25, 0.3) is 0 Å². The number of aryl methyl sites for hydroxylation is 1. The molecule has 20 heavy (non-hydrogen) atoms. The molecule has 0 spiro atoms. The molecule has 1 N–H and O–H groups in total. The van der Waals surface area contributed by atoms with Crippen molar-refractivity contribution in [2.24, 2.45) is 5.92 Å². The van der Waals surface area contributed by atoms with Crippen LogP contribution in [0.15, 0.2) is 23.1 Å². The first-order valence-electron chi connectivity index (χ1n) is 7.44. The van der Waals surface area contributed by atoms with Gasteiger partial charge >= 0.3 is 0 Å². The van der Waals surface area contributed by atoms with Gasteiger partial charge in [0.25, 0.3) is 0 Å². The molecule has 2 aliphatic rings. The Bertz CT molecular complexity index is 598. The fourth-order valence-corrected chi connectivity index (χ4v) is 4.77. The number of anilines is 1. The Kier molecular flexibility index (Phi) is 3.73. The molecule has 0 aromatic heterocycles. The largest absolute Gasteiger partial charge is 0.385 e. The average molecular weight is 294 g/mol. The summed E-state index contributed by atoms with van der Waals surface area (Å²) in [5.74, 6) is 0.456. The van der Waals surface area contributed by atoms with Crippen molar-refractivity contribution < 1.29 is 8.42 Å². The van der Waals surface area contributed by atoms with Gasteiger partial charge in [0.15, 0.2) is 0 Å². The topological polar surface area (TPSA) is 49.4 Å². The van der Waals surface area contributed by atoms with Crippen LogP contribution in [0.5, 0.6) is 0 Å². The van der Waals surface area contributed by atoms with E-state index in [1.54, 1.807) is 10.4 Å². The third kappa shape index (κ3) is 2.56. The van der Waals surface area contributed by atoms with Crippen molar-refractivity contribution in [1.29, 1.82) is 0 Å². The van der Waals surface area contributed by atoms with E-state index in [0.29, 0.717) is 23.9 Å². The summed E-state index contributed by atoms with van der Waals surface area (Å²) < 4.78 is 27.1. The molecule has 2 aliphatic heterocycles. The normalized spacial score (nSPS) is 23.9. The predicted octanol–water partition coefficient (Wildman–Crippen LogP) is 2.47. The summed E-state index contributed by atoms with van der Waals surface area (Å²) in [7, 11) is -3.32. The van der Waals surface area contributed by atoms with Crippen LogP contribution in [0, 0.1) is 5.92 Å². The van der Waals surface area contributed by atoms with Gasteiger partial charge in [0.05, 0.1) is 4.90 Å². The summed E-state index contributed by atoms with van der Waals surface area (Å²) in [6, 6.07) is 5.51. The lowest BCUT2D eigenvalue weighted by molar-refractivity contribution is 0.281. The standard InChI is InChI=1S/C15H22N2O2S/c1-12-4-3-9-17(11-12)20(18,19)14-6-7-15-13(10-14)5-2-8-16-15/h6-7,10,12,16H,2-5,8-9,11H2,1H3. The molecule has 110 valence electrons. The Morgan fingerprint density at radius 2 is 2.15 bits per heavy atom. The van der Waals surface area contributed by atoms with Crippen molar-refractivity contribution in [2.75, 3.05) is 25.0 Å². The fourth-order valence-electron chi connectivity index (χ4n) is 3.13. The van der Waals surface area contributed by atoms with Gasteiger partial charge in [0, 0.05) is 25.3 Å². The molecule has 1 fully saturated rings. The second-order valence-corrected chi connectivity index (χ2v) is 7.90. The first kappa shape index (κ1) is 13.9. The smallest absolute Gasteiger partial charge is 0.243 e. The minimum Gasteiger partial charge on any atom is -0.385 e. The summed E-state index contributed by atoms with van der Waals surface area (Å²) in [5, 5.41) is 3.32. The van der Waals surface area contributed by atoms with E-state index in [9.17, 15) is 8.42 Å².